The molecule has 0 aliphatic carbocycles. The number of amides is 2. The average Bonchev–Trinajstić information content (AvgIpc) is 3.40. The zero-order valence-electron chi connectivity index (χ0n) is 14.9. The highest BCUT2D eigenvalue weighted by molar-refractivity contribution is 7.15. The molecule has 3 aromatic heterocycles. The first-order valence-electron chi connectivity index (χ1n) is 8.54. The Kier molecular flexibility index (Phi) is 4.85. The van der Waals surface area contributed by atoms with Crippen LogP contribution in [0.25, 0.3) is 4.96 Å². The second-order valence-electron chi connectivity index (χ2n) is 6.17. The lowest BCUT2D eigenvalue weighted by molar-refractivity contribution is -0.119. The number of benzene rings is 1. The molecule has 0 spiro atoms. The topological polar surface area (TPSA) is 106 Å². The molecule has 0 aliphatic heterocycles. The summed E-state index contributed by atoms with van der Waals surface area (Å²) in [4.78, 5) is 33.6. The number of aromatic nitrogens is 5. The summed E-state index contributed by atoms with van der Waals surface area (Å²) >= 11 is 1.52. The van der Waals surface area contributed by atoms with E-state index in [1.165, 1.54) is 28.7 Å². The lowest BCUT2D eigenvalue weighted by atomic mass is 10.2. The van der Waals surface area contributed by atoms with E-state index in [0.717, 1.165) is 10.7 Å². The number of thiazole rings is 1. The van der Waals surface area contributed by atoms with E-state index < -0.39 is 6.04 Å². The molecule has 0 radical (unpaired) electrons. The highest BCUT2D eigenvalue weighted by Gasteiger charge is 2.15. The monoisotopic (exact) mass is 395 g/mol. The Bertz CT molecular complexity index is 1070. The number of nitrogens with one attached hydrogen (secondary N) is 2. The van der Waals surface area contributed by atoms with E-state index in [1.54, 1.807) is 31.2 Å². The van der Waals surface area contributed by atoms with Crippen LogP contribution in [0.5, 0.6) is 0 Å². The molecule has 4 rings (SSSR count). The normalized spacial score (nSPS) is 12.0. The zero-order chi connectivity index (χ0) is 19.5. The molecule has 3 heterocycles. The van der Waals surface area contributed by atoms with Crippen molar-refractivity contribution in [2.24, 2.45) is 0 Å². The number of carbonyl (C=O) groups is 2. The van der Waals surface area contributed by atoms with Gasteiger partial charge in [0.2, 0.25) is 11.8 Å². The Balaban J connectivity index is 1.33. The largest absolute Gasteiger partial charge is 0.326 e. The van der Waals surface area contributed by atoms with Gasteiger partial charge in [0, 0.05) is 29.1 Å². The van der Waals surface area contributed by atoms with E-state index in [-0.39, 0.29) is 18.2 Å². The number of carbonyl (C=O) groups excluding carboxylic acids is 2. The highest BCUT2D eigenvalue weighted by Crippen LogP contribution is 2.16. The first-order valence-corrected chi connectivity index (χ1v) is 9.42. The standard InChI is InChI=1S/C18H17N7O2S/c1-12(25-11-19-10-20-25)17(27)22-14-4-2-13(3-5-14)21-16(26)8-15-9-24-6-7-28-18(24)23-15/h2-7,9-12H,8H2,1H3,(H,21,26)(H,22,27). The first-order chi connectivity index (χ1) is 13.6. The molecule has 9 nitrogen and oxygen atoms in total. The maximum Gasteiger partial charge on any atom is 0.249 e. The van der Waals surface area contributed by atoms with Crippen LogP contribution in [0.1, 0.15) is 18.7 Å². The van der Waals surface area contributed by atoms with Crippen molar-refractivity contribution < 1.29 is 9.59 Å². The van der Waals surface area contributed by atoms with Crippen LogP contribution in [-0.2, 0) is 16.0 Å². The molecular formula is C18H17N7O2S. The van der Waals surface area contributed by atoms with Crippen LogP contribution in [0.3, 0.4) is 0 Å². The maximum atomic E-state index is 12.3. The van der Waals surface area contributed by atoms with E-state index in [2.05, 4.69) is 25.7 Å². The van der Waals surface area contributed by atoms with Crippen molar-refractivity contribution in [2.75, 3.05) is 10.6 Å². The Morgan fingerprint density at radius 3 is 2.61 bits per heavy atom. The van der Waals surface area contributed by atoms with Crippen LogP contribution in [0, 0.1) is 0 Å². The first kappa shape index (κ1) is 17.9. The summed E-state index contributed by atoms with van der Waals surface area (Å²) in [6.07, 6.45) is 6.83. The molecule has 1 unspecified atom stereocenters. The number of nitrogens with zero attached hydrogens (tertiary/aromatic N) is 5. The molecule has 2 N–H and O–H groups in total. The van der Waals surface area contributed by atoms with Crippen molar-refractivity contribution in [1.82, 2.24) is 24.1 Å². The molecule has 0 saturated heterocycles. The molecule has 142 valence electrons. The van der Waals surface area contributed by atoms with Crippen LogP contribution in [0.4, 0.5) is 11.4 Å². The van der Waals surface area contributed by atoms with Gasteiger partial charge in [0.15, 0.2) is 4.96 Å². The van der Waals surface area contributed by atoms with E-state index in [4.69, 9.17) is 0 Å². The third-order valence-corrected chi connectivity index (χ3v) is 4.90. The summed E-state index contributed by atoms with van der Waals surface area (Å²) in [5.41, 5.74) is 1.99. The number of rotatable bonds is 6. The minimum atomic E-state index is -0.480. The van der Waals surface area contributed by atoms with Crippen LogP contribution < -0.4 is 10.6 Å². The molecule has 0 saturated carbocycles. The Labute approximate surface area is 164 Å². The van der Waals surface area contributed by atoms with Crippen molar-refractivity contribution in [3.63, 3.8) is 0 Å². The van der Waals surface area contributed by atoms with Gasteiger partial charge in [-0.05, 0) is 31.2 Å². The molecule has 4 aromatic rings. The van der Waals surface area contributed by atoms with Gasteiger partial charge in [-0.1, -0.05) is 0 Å². The summed E-state index contributed by atoms with van der Waals surface area (Å²) < 4.78 is 3.37. The average molecular weight is 395 g/mol. The van der Waals surface area contributed by atoms with Crippen molar-refractivity contribution in [3.05, 3.63) is 60.4 Å². The fraction of sp³-hybridized carbons (Fsp3) is 0.167. The lowest BCUT2D eigenvalue weighted by Crippen LogP contribution is -2.24. The summed E-state index contributed by atoms with van der Waals surface area (Å²) in [5.74, 6) is -0.357. The van der Waals surface area contributed by atoms with Gasteiger partial charge in [0.1, 0.15) is 18.7 Å². The second-order valence-corrected chi connectivity index (χ2v) is 7.04. The third-order valence-electron chi connectivity index (χ3n) is 4.13. The maximum absolute atomic E-state index is 12.3. The molecule has 10 heteroatoms. The molecule has 2 amide bonds. The predicted molar refractivity (Wildman–Crippen MR) is 105 cm³/mol. The quantitative estimate of drug-likeness (QED) is 0.521. The fourth-order valence-electron chi connectivity index (χ4n) is 2.65. The van der Waals surface area contributed by atoms with Crippen LogP contribution in [-0.4, -0.2) is 36.0 Å². The summed E-state index contributed by atoms with van der Waals surface area (Å²) in [7, 11) is 0. The van der Waals surface area contributed by atoms with Gasteiger partial charge < -0.3 is 10.6 Å². The van der Waals surface area contributed by atoms with Crippen molar-refractivity contribution in [1.29, 1.82) is 0 Å². The molecule has 0 bridgehead atoms. The summed E-state index contributed by atoms with van der Waals surface area (Å²) in [6.45, 7) is 1.73. The van der Waals surface area contributed by atoms with E-state index in [0.29, 0.717) is 11.4 Å². The number of anilines is 2. The molecule has 0 aliphatic rings. The molecule has 28 heavy (non-hydrogen) atoms. The fourth-order valence-corrected chi connectivity index (χ4v) is 3.37. The molecular weight excluding hydrogens is 378 g/mol. The summed E-state index contributed by atoms with van der Waals surface area (Å²) in [5, 5.41) is 11.5. The van der Waals surface area contributed by atoms with Gasteiger partial charge in [-0.15, -0.1) is 11.3 Å². The number of hydrogen-bond acceptors (Lipinski definition) is 6. The Morgan fingerprint density at radius 1 is 1.18 bits per heavy atom. The smallest absolute Gasteiger partial charge is 0.249 e. The molecule has 0 fully saturated rings. The van der Waals surface area contributed by atoms with Gasteiger partial charge in [-0.2, -0.15) is 5.10 Å². The molecule has 1 aromatic carbocycles. The number of hydrogen-bond donors (Lipinski definition) is 2. The Hall–Kier alpha value is -3.53. The zero-order valence-corrected chi connectivity index (χ0v) is 15.8. The summed E-state index contributed by atoms with van der Waals surface area (Å²) in [6, 6.07) is 6.45. The van der Waals surface area contributed by atoms with Crippen LogP contribution in [0.15, 0.2) is 54.7 Å². The van der Waals surface area contributed by atoms with Crippen molar-refractivity contribution in [2.45, 2.75) is 19.4 Å². The second kappa shape index (κ2) is 7.61. The van der Waals surface area contributed by atoms with Gasteiger partial charge in [-0.25, -0.2) is 14.6 Å². The minimum absolute atomic E-state index is 0.151. The number of imidazole rings is 1. The van der Waals surface area contributed by atoms with E-state index >= 15 is 0 Å². The third kappa shape index (κ3) is 3.91. The molecule has 1 atom stereocenters. The Morgan fingerprint density at radius 2 is 1.93 bits per heavy atom. The SMILES string of the molecule is CC(C(=O)Nc1ccc(NC(=O)Cc2cn3ccsc3n2)cc1)n1cncn1. The van der Waals surface area contributed by atoms with E-state index in [9.17, 15) is 9.59 Å². The minimum Gasteiger partial charge on any atom is -0.326 e. The van der Waals surface area contributed by atoms with E-state index in [1.807, 2.05) is 22.2 Å². The predicted octanol–water partition coefficient (Wildman–Crippen LogP) is 2.37. The van der Waals surface area contributed by atoms with Gasteiger partial charge >= 0.3 is 0 Å². The lowest BCUT2D eigenvalue weighted by Gasteiger charge is -2.12. The van der Waals surface area contributed by atoms with Gasteiger partial charge in [-0.3, -0.25) is 14.0 Å². The van der Waals surface area contributed by atoms with Crippen molar-refractivity contribution in [3.8, 4) is 0 Å². The number of fused-ring (bicyclic) bond motifs is 1. The van der Waals surface area contributed by atoms with Gasteiger partial charge in [0.25, 0.3) is 0 Å². The van der Waals surface area contributed by atoms with Crippen LogP contribution in [0.2, 0.25) is 0 Å². The highest BCUT2D eigenvalue weighted by atomic mass is 32.1. The van der Waals surface area contributed by atoms with Crippen LogP contribution >= 0.6 is 11.3 Å². The van der Waals surface area contributed by atoms with Gasteiger partial charge in [0.05, 0.1) is 12.1 Å². The van der Waals surface area contributed by atoms with Crippen molar-refractivity contribution >= 4 is 39.5 Å².